The summed E-state index contributed by atoms with van der Waals surface area (Å²) in [5, 5.41) is 0. The summed E-state index contributed by atoms with van der Waals surface area (Å²) in [6, 6.07) is 7.98. The smallest absolute Gasteiger partial charge is 0.133 e. The molecule has 0 atom stereocenters. The van der Waals surface area contributed by atoms with E-state index in [0.717, 1.165) is 49.6 Å². The van der Waals surface area contributed by atoms with Crippen molar-refractivity contribution < 1.29 is 14.4 Å². The van der Waals surface area contributed by atoms with Crippen LogP contribution in [0.5, 0.6) is 5.75 Å². The van der Waals surface area contributed by atoms with Gasteiger partial charge in [0.15, 0.2) is 0 Å². The molecule has 3 nitrogen and oxygen atoms in total. The van der Waals surface area contributed by atoms with Gasteiger partial charge in [-0.3, -0.25) is 0 Å². The Morgan fingerprint density at radius 2 is 2.00 bits per heavy atom. The molecule has 1 heterocycles. The number of hydrogen-bond donors (Lipinski definition) is 1. The average molecular weight is 301 g/mol. The van der Waals surface area contributed by atoms with Gasteiger partial charge in [-0.05, 0) is 28.1 Å². The van der Waals surface area contributed by atoms with Gasteiger partial charge in [0.05, 0.1) is 30.8 Å². The van der Waals surface area contributed by atoms with Crippen LogP contribution in [0.4, 0.5) is 0 Å². The zero-order valence-electron chi connectivity index (χ0n) is 9.95. The molecule has 0 aromatic heterocycles. The van der Waals surface area contributed by atoms with Crippen molar-refractivity contribution in [2.24, 2.45) is 0 Å². The Morgan fingerprint density at radius 1 is 1.24 bits per heavy atom. The Labute approximate surface area is 111 Å². The zero-order valence-corrected chi connectivity index (χ0v) is 11.5. The van der Waals surface area contributed by atoms with Crippen molar-refractivity contribution in [2.75, 3.05) is 39.5 Å². The third kappa shape index (κ3) is 4.30. The van der Waals surface area contributed by atoms with E-state index in [0.29, 0.717) is 0 Å². The fraction of sp³-hybridized carbons (Fsp3) is 0.538. The van der Waals surface area contributed by atoms with Crippen LogP contribution in [0.15, 0.2) is 28.7 Å². The van der Waals surface area contributed by atoms with Crippen molar-refractivity contribution in [3.63, 3.8) is 0 Å². The van der Waals surface area contributed by atoms with Crippen molar-refractivity contribution in [2.45, 2.75) is 6.42 Å². The second-order valence-electron chi connectivity index (χ2n) is 4.24. The minimum Gasteiger partial charge on any atom is -0.492 e. The molecule has 17 heavy (non-hydrogen) atoms. The normalized spacial score (nSPS) is 17.0. The van der Waals surface area contributed by atoms with Gasteiger partial charge in [-0.1, -0.05) is 12.1 Å². The lowest BCUT2D eigenvalue weighted by Crippen LogP contribution is -3.14. The van der Waals surface area contributed by atoms with Crippen LogP contribution in [0.2, 0.25) is 0 Å². The second kappa shape index (κ2) is 6.99. The number of para-hydroxylation sites is 1. The molecule has 0 unspecified atom stereocenters. The summed E-state index contributed by atoms with van der Waals surface area (Å²) >= 11 is 3.48. The van der Waals surface area contributed by atoms with Crippen LogP contribution in [-0.2, 0) is 4.74 Å². The van der Waals surface area contributed by atoms with Gasteiger partial charge in [0.1, 0.15) is 18.8 Å². The molecule has 4 heteroatoms. The Hall–Kier alpha value is -0.580. The molecule has 94 valence electrons. The molecule has 0 saturated carbocycles. The summed E-state index contributed by atoms with van der Waals surface area (Å²) in [6.07, 6.45) is 1.09. The maximum absolute atomic E-state index is 5.74. The summed E-state index contributed by atoms with van der Waals surface area (Å²) in [5.74, 6) is 0.935. The highest BCUT2D eigenvalue weighted by Gasteiger charge is 2.12. The van der Waals surface area contributed by atoms with Crippen LogP contribution in [-0.4, -0.2) is 39.5 Å². The van der Waals surface area contributed by atoms with E-state index in [9.17, 15) is 0 Å². The maximum Gasteiger partial charge on any atom is 0.133 e. The van der Waals surface area contributed by atoms with Gasteiger partial charge in [0.25, 0.3) is 0 Å². The third-order valence-corrected chi connectivity index (χ3v) is 3.62. The molecule has 0 radical (unpaired) electrons. The first kappa shape index (κ1) is 12.9. The summed E-state index contributed by atoms with van der Waals surface area (Å²) in [6.45, 7) is 6.03. The number of benzene rings is 1. The van der Waals surface area contributed by atoms with Crippen LogP contribution < -0.4 is 9.64 Å². The van der Waals surface area contributed by atoms with E-state index in [1.54, 1.807) is 4.90 Å². The van der Waals surface area contributed by atoms with Crippen molar-refractivity contribution in [1.82, 2.24) is 0 Å². The zero-order chi connectivity index (χ0) is 11.9. The lowest BCUT2D eigenvalue weighted by molar-refractivity contribution is -0.908. The summed E-state index contributed by atoms with van der Waals surface area (Å²) in [7, 11) is 0. The first-order valence-corrected chi connectivity index (χ1v) is 6.94. The minimum atomic E-state index is 0.785. The largest absolute Gasteiger partial charge is 0.492 e. The van der Waals surface area contributed by atoms with Crippen LogP contribution in [0.1, 0.15) is 6.42 Å². The standard InChI is InChI=1S/C13H18BrNO2/c14-12-4-1-2-5-13(12)17-9-3-6-15-7-10-16-11-8-15/h1-2,4-5H,3,6-11H2/p+1. The Bertz CT molecular complexity index is 340. The molecule has 1 aromatic carbocycles. The third-order valence-electron chi connectivity index (χ3n) is 2.97. The predicted octanol–water partition coefficient (Wildman–Crippen LogP) is 1.13. The Balaban J connectivity index is 1.64. The highest BCUT2D eigenvalue weighted by molar-refractivity contribution is 9.10. The lowest BCUT2D eigenvalue weighted by atomic mass is 10.3. The fourth-order valence-electron chi connectivity index (χ4n) is 1.98. The number of hydrogen-bond acceptors (Lipinski definition) is 2. The summed E-state index contributed by atoms with van der Waals surface area (Å²) in [4.78, 5) is 1.63. The minimum absolute atomic E-state index is 0.785. The summed E-state index contributed by atoms with van der Waals surface area (Å²) in [5.41, 5.74) is 0. The van der Waals surface area contributed by atoms with E-state index in [2.05, 4.69) is 15.9 Å². The molecular formula is C13H19BrNO2+. The number of nitrogens with one attached hydrogen (secondary N) is 1. The van der Waals surface area contributed by atoms with E-state index in [-0.39, 0.29) is 0 Å². The average Bonchev–Trinajstić information content (AvgIpc) is 2.38. The molecule has 1 aliphatic rings. The molecule has 1 saturated heterocycles. The Kier molecular flexibility index (Phi) is 5.29. The van der Waals surface area contributed by atoms with Crippen molar-refractivity contribution >= 4 is 15.9 Å². The molecule has 1 aliphatic heterocycles. The van der Waals surface area contributed by atoms with Crippen LogP contribution in [0, 0.1) is 0 Å². The van der Waals surface area contributed by atoms with Gasteiger partial charge in [-0.15, -0.1) is 0 Å². The Morgan fingerprint density at radius 3 is 2.76 bits per heavy atom. The van der Waals surface area contributed by atoms with E-state index >= 15 is 0 Å². The predicted molar refractivity (Wildman–Crippen MR) is 70.6 cm³/mol. The molecule has 0 aliphatic carbocycles. The molecule has 1 N–H and O–H groups in total. The fourth-order valence-corrected chi connectivity index (χ4v) is 2.38. The number of rotatable bonds is 5. The van der Waals surface area contributed by atoms with Gasteiger partial charge in [0, 0.05) is 6.42 Å². The highest BCUT2D eigenvalue weighted by Crippen LogP contribution is 2.23. The van der Waals surface area contributed by atoms with Gasteiger partial charge in [-0.25, -0.2) is 0 Å². The first-order valence-electron chi connectivity index (χ1n) is 6.15. The number of ether oxygens (including phenoxy) is 2. The van der Waals surface area contributed by atoms with Gasteiger partial charge >= 0.3 is 0 Å². The van der Waals surface area contributed by atoms with Crippen molar-refractivity contribution in [1.29, 1.82) is 0 Å². The second-order valence-corrected chi connectivity index (χ2v) is 5.10. The van der Waals surface area contributed by atoms with E-state index < -0.39 is 0 Å². The highest BCUT2D eigenvalue weighted by atomic mass is 79.9. The SMILES string of the molecule is Brc1ccccc1OCCC[NH+]1CCOCC1. The quantitative estimate of drug-likeness (QED) is 0.824. The monoisotopic (exact) mass is 300 g/mol. The van der Waals surface area contributed by atoms with Crippen LogP contribution in [0.25, 0.3) is 0 Å². The van der Waals surface area contributed by atoms with Crippen molar-refractivity contribution in [3.05, 3.63) is 28.7 Å². The maximum atomic E-state index is 5.74. The van der Waals surface area contributed by atoms with E-state index in [1.165, 1.54) is 6.54 Å². The first-order chi connectivity index (χ1) is 8.36. The van der Waals surface area contributed by atoms with Gasteiger partial charge in [-0.2, -0.15) is 0 Å². The molecule has 0 spiro atoms. The van der Waals surface area contributed by atoms with Crippen LogP contribution >= 0.6 is 15.9 Å². The summed E-state index contributed by atoms with van der Waals surface area (Å²) < 4.78 is 12.1. The number of quaternary nitrogens is 1. The van der Waals surface area contributed by atoms with E-state index in [4.69, 9.17) is 9.47 Å². The van der Waals surface area contributed by atoms with Crippen molar-refractivity contribution in [3.8, 4) is 5.75 Å². The molecule has 2 rings (SSSR count). The number of morpholine rings is 1. The molecule has 1 aromatic rings. The lowest BCUT2D eigenvalue weighted by Gasteiger charge is -2.23. The topological polar surface area (TPSA) is 22.9 Å². The molecular weight excluding hydrogens is 282 g/mol. The van der Waals surface area contributed by atoms with Gasteiger partial charge in [0.2, 0.25) is 0 Å². The molecule has 0 amide bonds. The van der Waals surface area contributed by atoms with Gasteiger partial charge < -0.3 is 14.4 Å². The number of halogens is 1. The van der Waals surface area contributed by atoms with Crippen LogP contribution in [0.3, 0.4) is 0 Å². The molecule has 1 fully saturated rings. The molecule has 0 bridgehead atoms. The van der Waals surface area contributed by atoms with E-state index in [1.807, 2.05) is 24.3 Å².